The fourth-order valence-corrected chi connectivity index (χ4v) is 13.0. The zero-order valence-electron chi connectivity index (χ0n) is 67.5. The van der Waals surface area contributed by atoms with Gasteiger partial charge in [0.1, 0.15) is 13.2 Å². The fourth-order valence-electron chi connectivity index (χ4n) is 13.0. The molecular weight excluding hydrogens is 1250 g/mol. The van der Waals surface area contributed by atoms with Gasteiger partial charge in [0.15, 0.2) is 12.4 Å². The molecule has 9 nitrogen and oxygen atoms in total. The Balaban J connectivity index is 3.92. The minimum Gasteiger partial charge on any atom is -0.545 e. The number of carbonyl (C=O) groups excluding carboxylic acids is 3. The summed E-state index contributed by atoms with van der Waals surface area (Å²) in [6.45, 7) is 4.69. The zero-order valence-corrected chi connectivity index (χ0v) is 67.5. The first-order valence-corrected chi connectivity index (χ1v) is 43.7. The lowest BCUT2D eigenvalue weighted by Crippen LogP contribution is -2.44. The SMILES string of the molecule is CC/C=C\C/C=C\C/C=C\C/C=C\CCCCCCCCCCCCCCCCCCCCCCCCCCC(=O)OC(COC(=O)CCCCCCCCCCCCCCCCCCCCCCCCCC/C=C\C/C=C\C/C=C\CCCCCCC)COC(OCC[N+](C)(C)C)C(=O)[O-]. The van der Waals surface area contributed by atoms with Crippen LogP contribution in [0.15, 0.2) is 85.1 Å². The number of ether oxygens (including phenoxy) is 4. The van der Waals surface area contributed by atoms with Gasteiger partial charge in [-0.3, -0.25) is 9.59 Å². The number of unbranched alkanes of at least 4 members (excludes halogenated alkanes) is 53. The molecule has 0 aliphatic heterocycles. The average molecular weight is 1420 g/mol. The van der Waals surface area contributed by atoms with E-state index in [1.807, 2.05) is 21.1 Å². The molecule has 0 aliphatic rings. The second-order valence-electron chi connectivity index (χ2n) is 30.8. The summed E-state index contributed by atoms with van der Waals surface area (Å²) in [6, 6.07) is 0. The summed E-state index contributed by atoms with van der Waals surface area (Å²) in [5.74, 6) is -2.25. The number of hydrogen-bond donors (Lipinski definition) is 0. The number of carbonyl (C=O) groups is 3. The van der Waals surface area contributed by atoms with E-state index >= 15 is 0 Å². The first-order chi connectivity index (χ1) is 49.6. The fraction of sp³-hybridized carbons (Fsp3) is 0.815. The maximum absolute atomic E-state index is 13.0. The molecule has 0 N–H and O–H groups in total. The number of carboxylic acid groups (broad SMARTS) is 1. The van der Waals surface area contributed by atoms with Crippen LogP contribution in [0.5, 0.6) is 0 Å². The number of esters is 2. The second kappa shape index (κ2) is 82.1. The van der Waals surface area contributed by atoms with Gasteiger partial charge >= 0.3 is 11.9 Å². The minimum absolute atomic E-state index is 0.149. The van der Waals surface area contributed by atoms with Crippen LogP contribution in [0.3, 0.4) is 0 Å². The number of likely N-dealkylation sites (N-methyl/N-ethyl adjacent to an activating group) is 1. The Bertz CT molecular complexity index is 1940. The van der Waals surface area contributed by atoms with E-state index in [9.17, 15) is 19.5 Å². The summed E-state index contributed by atoms with van der Waals surface area (Å²) < 4.78 is 22.9. The number of aliphatic carboxylic acids is 1. The first-order valence-electron chi connectivity index (χ1n) is 43.7. The summed E-state index contributed by atoms with van der Waals surface area (Å²) in [6.07, 6.45) is 110. The van der Waals surface area contributed by atoms with Crippen molar-refractivity contribution in [3.8, 4) is 0 Å². The van der Waals surface area contributed by atoms with Gasteiger partial charge in [-0.05, 0) is 89.9 Å². The Morgan fingerprint density at radius 2 is 0.564 bits per heavy atom. The van der Waals surface area contributed by atoms with Gasteiger partial charge in [-0.15, -0.1) is 0 Å². The van der Waals surface area contributed by atoms with Crippen LogP contribution >= 0.6 is 0 Å². The average Bonchev–Trinajstić information content (AvgIpc) is 1.25. The molecule has 0 aromatic rings. The molecule has 588 valence electrons. The minimum atomic E-state index is -1.62. The van der Waals surface area contributed by atoms with Gasteiger partial charge in [0.05, 0.1) is 40.3 Å². The van der Waals surface area contributed by atoms with Gasteiger partial charge in [-0.2, -0.15) is 0 Å². The van der Waals surface area contributed by atoms with Gasteiger partial charge in [0.25, 0.3) is 0 Å². The van der Waals surface area contributed by atoms with Gasteiger partial charge < -0.3 is 33.3 Å². The van der Waals surface area contributed by atoms with Gasteiger partial charge in [-0.1, -0.05) is 407 Å². The van der Waals surface area contributed by atoms with Crippen molar-refractivity contribution in [2.75, 3.05) is 47.5 Å². The Hall–Kier alpha value is -3.53. The Labute approximate surface area is 627 Å². The van der Waals surface area contributed by atoms with Crippen LogP contribution in [-0.4, -0.2) is 82.3 Å². The summed E-state index contributed by atoms with van der Waals surface area (Å²) >= 11 is 0. The molecule has 101 heavy (non-hydrogen) atoms. The molecule has 0 aliphatic carbocycles. The maximum Gasteiger partial charge on any atom is 0.306 e. The monoisotopic (exact) mass is 1410 g/mol. The molecule has 0 aromatic carbocycles. The van der Waals surface area contributed by atoms with Crippen LogP contribution < -0.4 is 5.11 Å². The maximum atomic E-state index is 13.0. The van der Waals surface area contributed by atoms with E-state index in [0.717, 1.165) is 77.0 Å². The lowest BCUT2D eigenvalue weighted by molar-refractivity contribution is -0.870. The topological polar surface area (TPSA) is 111 Å². The number of quaternary nitrogens is 1. The van der Waals surface area contributed by atoms with E-state index in [1.165, 1.54) is 321 Å². The number of carboxylic acids is 1. The highest BCUT2D eigenvalue weighted by Gasteiger charge is 2.22. The normalized spacial score (nSPS) is 13.0. The van der Waals surface area contributed by atoms with Crippen LogP contribution in [0.25, 0.3) is 0 Å². The molecule has 0 radical (unpaired) electrons. The molecule has 0 fully saturated rings. The molecule has 0 bridgehead atoms. The first kappa shape index (κ1) is 97.5. The summed E-state index contributed by atoms with van der Waals surface area (Å²) in [7, 11) is 5.95. The Kier molecular flexibility index (Phi) is 79.3. The molecule has 9 heteroatoms. The second-order valence-corrected chi connectivity index (χ2v) is 30.8. The lowest BCUT2D eigenvalue weighted by atomic mass is 10.0. The predicted octanol–water partition coefficient (Wildman–Crippen LogP) is 27.2. The molecule has 0 saturated heterocycles. The van der Waals surface area contributed by atoms with Crippen molar-refractivity contribution in [1.82, 2.24) is 0 Å². The van der Waals surface area contributed by atoms with E-state index in [4.69, 9.17) is 18.9 Å². The van der Waals surface area contributed by atoms with E-state index in [-0.39, 0.29) is 32.2 Å². The number of nitrogens with zero attached hydrogens (tertiary/aromatic N) is 1. The third-order valence-electron chi connectivity index (χ3n) is 19.6. The Morgan fingerprint density at radius 3 is 0.842 bits per heavy atom. The number of rotatable bonds is 82. The Morgan fingerprint density at radius 1 is 0.307 bits per heavy atom. The van der Waals surface area contributed by atoms with Gasteiger partial charge in [0.2, 0.25) is 0 Å². The van der Waals surface area contributed by atoms with E-state index < -0.39 is 24.3 Å². The molecule has 0 rings (SSSR count). The lowest BCUT2D eigenvalue weighted by Gasteiger charge is -2.26. The molecule has 2 unspecified atom stereocenters. The van der Waals surface area contributed by atoms with Crippen molar-refractivity contribution >= 4 is 17.9 Å². The summed E-state index contributed by atoms with van der Waals surface area (Å²) in [4.78, 5) is 37.7. The van der Waals surface area contributed by atoms with Crippen LogP contribution in [0, 0.1) is 0 Å². The van der Waals surface area contributed by atoms with E-state index in [0.29, 0.717) is 17.4 Å². The molecule has 2 atom stereocenters. The third kappa shape index (κ3) is 83.6. The number of allylic oxidation sites excluding steroid dienone is 14. The summed E-state index contributed by atoms with van der Waals surface area (Å²) in [5, 5.41) is 11.9. The highest BCUT2D eigenvalue weighted by molar-refractivity contribution is 5.70. The van der Waals surface area contributed by atoms with Crippen LogP contribution in [-0.2, 0) is 33.3 Å². The van der Waals surface area contributed by atoms with Crippen molar-refractivity contribution in [2.45, 2.75) is 437 Å². The van der Waals surface area contributed by atoms with Crippen molar-refractivity contribution in [2.24, 2.45) is 0 Å². The third-order valence-corrected chi connectivity index (χ3v) is 19.6. The molecule has 0 amide bonds. The highest BCUT2D eigenvalue weighted by atomic mass is 16.7. The molecule has 0 saturated carbocycles. The van der Waals surface area contributed by atoms with Crippen molar-refractivity contribution in [3.05, 3.63) is 85.1 Å². The van der Waals surface area contributed by atoms with Crippen LogP contribution in [0.1, 0.15) is 425 Å². The predicted molar refractivity (Wildman–Crippen MR) is 435 cm³/mol. The molecular formula is C92H167NO8. The smallest absolute Gasteiger partial charge is 0.306 e. The van der Waals surface area contributed by atoms with Crippen LogP contribution in [0.4, 0.5) is 0 Å². The molecule has 0 aromatic heterocycles. The zero-order chi connectivity index (χ0) is 73.2. The van der Waals surface area contributed by atoms with Gasteiger partial charge in [-0.25, -0.2) is 0 Å². The van der Waals surface area contributed by atoms with Crippen molar-refractivity contribution < 1.29 is 42.9 Å². The standard InChI is InChI=1S/C92H167NO8/c1-6-8-10-12-14-16-18-20-22-24-26-28-30-32-34-36-38-40-42-44-45-47-48-50-52-54-56-58-60-62-64-66-68-70-72-74-76-78-80-82-89(94)99-86-88(87-100-92(91(96)97)98-85-84-93(3,4)5)101-90(95)83-81-79-77-75-73-71-69-67-65-63-61-59-57-55-53-51-49-46-43-41-39-37-35-33-31-29-27-25-23-21-19-17-15-13-11-9-7-2/h9,11,15,17-18,20-21,23-24,26-27,29-30,32,88,92H,6-8,10,12-14,16,19,22,25,28,31,33-87H2,1-5H3/b11-9-,17-15-,20-18-,23-21-,26-24-,29-27-,32-30-. The summed E-state index contributed by atoms with van der Waals surface area (Å²) in [5.41, 5.74) is 0. The van der Waals surface area contributed by atoms with Crippen molar-refractivity contribution in [1.29, 1.82) is 0 Å². The number of hydrogen-bond acceptors (Lipinski definition) is 8. The van der Waals surface area contributed by atoms with Crippen molar-refractivity contribution in [3.63, 3.8) is 0 Å². The van der Waals surface area contributed by atoms with Gasteiger partial charge in [0, 0.05) is 12.8 Å². The van der Waals surface area contributed by atoms with E-state index in [2.05, 4.69) is 98.9 Å². The van der Waals surface area contributed by atoms with Crippen LogP contribution in [0.2, 0.25) is 0 Å². The van der Waals surface area contributed by atoms with E-state index in [1.54, 1.807) is 0 Å². The highest BCUT2D eigenvalue weighted by Crippen LogP contribution is 2.20. The largest absolute Gasteiger partial charge is 0.545 e. The molecule has 0 heterocycles. The quantitative estimate of drug-likeness (QED) is 0.0195. The molecule has 0 spiro atoms.